The van der Waals surface area contributed by atoms with Gasteiger partial charge in [-0.15, -0.1) is 11.3 Å². The Balaban J connectivity index is 1.73. The van der Waals surface area contributed by atoms with Crippen LogP contribution in [0, 0.1) is 0 Å². The molecule has 7 nitrogen and oxygen atoms in total. The predicted octanol–water partition coefficient (Wildman–Crippen LogP) is 2.84. The van der Waals surface area contributed by atoms with Gasteiger partial charge < -0.3 is 25.8 Å². The molecule has 1 atom stereocenters. The zero-order chi connectivity index (χ0) is 22.2. The van der Waals surface area contributed by atoms with Crippen molar-refractivity contribution in [2.24, 2.45) is 0 Å². The first-order valence-corrected chi connectivity index (χ1v) is 11.0. The van der Waals surface area contributed by atoms with Crippen molar-refractivity contribution in [2.45, 2.75) is 12.6 Å². The summed E-state index contributed by atoms with van der Waals surface area (Å²) in [5, 5.41) is 6.75. The van der Waals surface area contributed by atoms with Crippen molar-refractivity contribution < 1.29 is 9.59 Å². The van der Waals surface area contributed by atoms with Gasteiger partial charge in [0, 0.05) is 43.1 Å². The van der Waals surface area contributed by atoms with Crippen LogP contribution in [0.3, 0.4) is 0 Å². The smallest absolute Gasteiger partial charge is 0.318 e. The molecule has 8 heteroatoms. The molecule has 1 aromatic heterocycles. The van der Waals surface area contributed by atoms with Crippen molar-refractivity contribution in [1.29, 1.82) is 0 Å². The van der Waals surface area contributed by atoms with Crippen LogP contribution in [0.15, 0.2) is 65.0 Å². The molecule has 3 rings (SSSR count). The minimum Gasteiger partial charge on any atom is -0.396 e. The standard InChI is InChI=1S/C23H28N5O2S/c1-26(2)10-11-27(23(30)25-12-18-6-4-3-5-7-18)13-19-8-9-20(15-29)28(14-19)22-17-31-16-21(22)24/h3-9,14,16-17,20H,10-13,24H2,1-2H3,(H,25,30). The molecule has 0 saturated heterocycles. The lowest BCUT2D eigenvalue weighted by Crippen LogP contribution is -2.44. The van der Waals surface area contributed by atoms with E-state index in [1.807, 2.05) is 78.6 Å². The van der Waals surface area contributed by atoms with Gasteiger partial charge in [0.1, 0.15) is 6.04 Å². The van der Waals surface area contributed by atoms with Crippen LogP contribution in [-0.2, 0) is 11.3 Å². The Morgan fingerprint density at radius 1 is 1.23 bits per heavy atom. The highest BCUT2D eigenvalue weighted by Gasteiger charge is 2.23. The first kappa shape index (κ1) is 22.6. The number of carbonyl (C=O) groups excluding carboxylic acids is 2. The molecule has 31 heavy (non-hydrogen) atoms. The average molecular weight is 439 g/mol. The average Bonchev–Trinajstić information content (AvgIpc) is 3.21. The number of hydrogen-bond donors (Lipinski definition) is 2. The van der Waals surface area contributed by atoms with Crippen LogP contribution >= 0.6 is 11.3 Å². The Labute approximate surface area is 187 Å². The molecule has 163 valence electrons. The highest BCUT2D eigenvalue weighted by molar-refractivity contribution is 7.08. The highest BCUT2D eigenvalue weighted by atomic mass is 32.1. The van der Waals surface area contributed by atoms with E-state index in [9.17, 15) is 9.59 Å². The van der Waals surface area contributed by atoms with Gasteiger partial charge in [-0.05, 0) is 25.2 Å². The summed E-state index contributed by atoms with van der Waals surface area (Å²) < 4.78 is 0. The Hall–Kier alpha value is -3.10. The van der Waals surface area contributed by atoms with Gasteiger partial charge in [0.05, 0.1) is 11.4 Å². The molecule has 1 radical (unpaired) electrons. The summed E-state index contributed by atoms with van der Waals surface area (Å²) in [6.07, 6.45) is 7.57. The number of rotatable bonds is 9. The molecule has 0 aliphatic carbocycles. The van der Waals surface area contributed by atoms with Gasteiger partial charge in [-0.2, -0.15) is 0 Å². The van der Waals surface area contributed by atoms with Gasteiger partial charge in [-0.25, -0.2) is 4.79 Å². The summed E-state index contributed by atoms with van der Waals surface area (Å²) in [5.74, 6) is 0. The van der Waals surface area contributed by atoms with Gasteiger partial charge in [-0.1, -0.05) is 42.5 Å². The molecular weight excluding hydrogens is 410 g/mol. The fourth-order valence-corrected chi connectivity index (χ4v) is 3.93. The fraction of sp³-hybridized carbons (Fsp3) is 0.304. The minimum atomic E-state index is -0.539. The number of urea groups is 1. The van der Waals surface area contributed by atoms with Crippen LogP contribution in [0.5, 0.6) is 0 Å². The van der Waals surface area contributed by atoms with Gasteiger partial charge >= 0.3 is 6.03 Å². The third-order valence-corrected chi connectivity index (χ3v) is 5.68. The first-order chi connectivity index (χ1) is 15.0. The van der Waals surface area contributed by atoms with E-state index in [0.29, 0.717) is 25.3 Å². The lowest BCUT2D eigenvalue weighted by molar-refractivity contribution is 0.196. The Morgan fingerprint density at radius 3 is 2.65 bits per heavy atom. The quantitative estimate of drug-likeness (QED) is 0.629. The summed E-state index contributed by atoms with van der Waals surface area (Å²) in [6, 6.07) is 9.15. The second-order valence-electron chi connectivity index (χ2n) is 7.61. The molecule has 1 aliphatic heterocycles. The maximum absolute atomic E-state index is 12.9. The molecule has 0 spiro atoms. The molecule has 0 saturated carbocycles. The normalized spacial score (nSPS) is 15.6. The van der Waals surface area contributed by atoms with Crippen molar-refractivity contribution in [2.75, 3.05) is 44.4 Å². The number of carbonyl (C=O) groups is 1. The van der Waals surface area contributed by atoms with Gasteiger partial charge in [0.25, 0.3) is 0 Å². The van der Waals surface area contributed by atoms with Crippen LogP contribution in [0.2, 0.25) is 0 Å². The highest BCUT2D eigenvalue weighted by Crippen LogP contribution is 2.31. The van der Waals surface area contributed by atoms with Crippen LogP contribution in [0.25, 0.3) is 0 Å². The Kier molecular flexibility index (Phi) is 7.86. The van der Waals surface area contributed by atoms with Gasteiger partial charge in [0.15, 0.2) is 0 Å². The largest absolute Gasteiger partial charge is 0.396 e. The second-order valence-corrected chi connectivity index (χ2v) is 8.36. The predicted molar refractivity (Wildman–Crippen MR) is 127 cm³/mol. The van der Waals surface area contributed by atoms with E-state index in [2.05, 4.69) is 5.32 Å². The van der Waals surface area contributed by atoms with Crippen molar-refractivity contribution in [3.8, 4) is 0 Å². The topological polar surface area (TPSA) is 81.9 Å². The van der Waals surface area contributed by atoms with E-state index < -0.39 is 6.04 Å². The maximum Gasteiger partial charge on any atom is 0.318 e. The van der Waals surface area contributed by atoms with E-state index in [1.54, 1.807) is 15.9 Å². The number of thiophene rings is 1. The van der Waals surface area contributed by atoms with E-state index in [4.69, 9.17) is 5.73 Å². The summed E-state index contributed by atoms with van der Waals surface area (Å²) in [7, 11) is 3.96. The van der Waals surface area contributed by atoms with Crippen LogP contribution in [0.4, 0.5) is 16.2 Å². The molecule has 0 bridgehead atoms. The molecule has 2 aromatic rings. The summed E-state index contributed by atoms with van der Waals surface area (Å²) in [6.45, 7) is 2.19. The summed E-state index contributed by atoms with van der Waals surface area (Å²) in [4.78, 5) is 30.0. The number of anilines is 2. The Bertz CT molecular complexity index is 938. The van der Waals surface area contributed by atoms with Gasteiger partial charge in [-0.3, -0.25) is 4.79 Å². The van der Waals surface area contributed by atoms with Crippen LogP contribution < -0.4 is 16.0 Å². The van der Waals surface area contributed by atoms with Crippen molar-refractivity contribution >= 4 is 35.0 Å². The summed E-state index contributed by atoms with van der Waals surface area (Å²) in [5.41, 5.74) is 9.40. The zero-order valence-corrected chi connectivity index (χ0v) is 18.6. The lowest BCUT2D eigenvalue weighted by Gasteiger charge is -2.30. The van der Waals surface area contributed by atoms with Crippen molar-refractivity contribution in [1.82, 2.24) is 15.1 Å². The number of likely N-dealkylation sites (N-methyl/N-ethyl adjacent to an activating group) is 1. The summed E-state index contributed by atoms with van der Waals surface area (Å²) >= 11 is 1.48. The first-order valence-electron chi connectivity index (χ1n) is 10.1. The maximum atomic E-state index is 12.9. The molecule has 0 fully saturated rings. The number of benzene rings is 1. The van der Waals surface area contributed by atoms with E-state index in [0.717, 1.165) is 23.4 Å². The number of hydrogen-bond acceptors (Lipinski definition) is 6. The number of nitrogen functional groups attached to an aromatic ring is 1. The van der Waals surface area contributed by atoms with E-state index in [-0.39, 0.29) is 6.03 Å². The molecule has 1 aliphatic rings. The number of nitrogens with zero attached hydrogens (tertiary/aromatic N) is 3. The fourth-order valence-electron chi connectivity index (χ4n) is 3.21. The number of nitrogens with two attached hydrogens (primary N) is 1. The van der Waals surface area contributed by atoms with Gasteiger partial charge in [0.2, 0.25) is 6.29 Å². The molecule has 3 N–H and O–H groups in total. The Morgan fingerprint density at radius 2 is 2.00 bits per heavy atom. The third-order valence-electron chi connectivity index (χ3n) is 4.93. The molecule has 1 unspecified atom stereocenters. The lowest BCUT2D eigenvalue weighted by atomic mass is 10.1. The third kappa shape index (κ3) is 6.19. The van der Waals surface area contributed by atoms with Crippen molar-refractivity contribution in [3.05, 3.63) is 70.6 Å². The monoisotopic (exact) mass is 438 g/mol. The van der Waals surface area contributed by atoms with Crippen molar-refractivity contribution in [3.63, 3.8) is 0 Å². The minimum absolute atomic E-state index is 0.134. The zero-order valence-electron chi connectivity index (χ0n) is 17.8. The van der Waals surface area contributed by atoms with E-state index >= 15 is 0 Å². The van der Waals surface area contributed by atoms with E-state index in [1.165, 1.54) is 11.3 Å². The number of amides is 2. The molecule has 2 heterocycles. The van der Waals surface area contributed by atoms with Crippen LogP contribution in [0.1, 0.15) is 5.56 Å². The SMILES string of the molecule is CN(C)CCN(CC1=CN(c2cscc2N)C([C]=O)C=C1)C(=O)NCc1ccccc1. The molecule has 1 aromatic carbocycles. The molecular formula is C23H28N5O2S. The molecule has 2 amide bonds. The second kappa shape index (κ2) is 10.8. The van der Waals surface area contributed by atoms with Crippen LogP contribution in [-0.4, -0.2) is 61.9 Å². The number of nitrogens with one attached hydrogen (secondary N) is 1.